The number of nitrogens with zero attached hydrogens (tertiary/aromatic N) is 3. The van der Waals surface area contributed by atoms with Gasteiger partial charge in [-0.3, -0.25) is 9.67 Å². The largest absolute Gasteiger partial charge is 0.452 e. The number of rotatable bonds is 5. The van der Waals surface area contributed by atoms with E-state index >= 15 is 0 Å². The van der Waals surface area contributed by atoms with Crippen molar-refractivity contribution in [3.63, 3.8) is 0 Å². The van der Waals surface area contributed by atoms with E-state index in [1.54, 1.807) is 31.5 Å². The first kappa shape index (κ1) is 12.6. The average Bonchev–Trinajstić information content (AvgIpc) is 2.78. The van der Waals surface area contributed by atoms with Gasteiger partial charge >= 0.3 is 0 Å². The minimum absolute atomic E-state index is 0.564. The lowest BCUT2D eigenvalue weighted by Crippen LogP contribution is -1.96. The van der Waals surface area contributed by atoms with Gasteiger partial charge in [0, 0.05) is 6.54 Å². The van der Waals surface area contributed by atoms with E-state index in [9.17, 15) is 5.11 Å². The van der Waals surface area contributed by atoms with Crippen LogP contribution in [0, 0.1) is 0 Å². The molecule has 0 fully saturated rings. The molecule has 2 rings (SSSR count). The van der Waals surface area contributed by atoms with Gasteiger partial charge in [-0.15, -0.1) is 0 Å². The van der Waals surface area contributed by atoms with Crippen LogP contribution in [0.1, 0.15) is 32.1 Å². The molecular weight excluding hydrogens is 230 g/mol. The van der Waals surface area contributed by atoms with Gasteiger partial charge in [-0.25, -0.2) is 0 Å². The molecule has 0 aliphatic heterocycles. The summed E-state index contributed by atoms with van der Waals surface area (Å²) in [5, 5.41) is 13.5. The molecule has 0 aromatic carbocycles. The van der Waals surface area contributed by atoms with Crippen molar-refractivity contribution in [2.75, 3.05) is 0 Å². The minimum atomic E-state index is -0.564. The van der Waals surface area contributed by atoms with Crippen molar-refractivity contribution in [2.24, 2.45) is 0 Å². The molecule has 0 bridgehead atoms. The van der Waals surface area contributed by atoms with Crippen LogP contribution >= 0.6 is 0 Å². The van der Waals surface area contributed by atoms with Gasteiger partial charge < -0.3 is 9.84 Å². The molecule has 2 aromatic rings. The number of aliphatic hydroxyl groups is 1. The molecule has 5 nitrogen and oxygen atoms in total. The number of pyridine rings is 1. The first-order valence-electron chi connectivity index (χ1n) is 6.03. The molecule has 1 atom stereocenters. The van der Waals surface area contributed by atoms with Crippen LogP contribution in [0.25, 0.3) is 0 Å². The number of aliphatic hydroxyl groups excluding tert-OH is 1. The monoisotopic (exact) mass is 247 g/mol. The number of hydrogen-bond acceptors (Lipinski definition) is 4. The molecule has 0 saturated carbocycles. The number of ether oxygens (including phenoxy) is 1. The Morgan fingerprint density at radius 2 is 2.17 bits per heavy atom. The molecule has 5 heteroatoms. The quantitative estimate of drug-likeness (QED) is 0.882. The predicted octanol–water partition coefficient (Wildman–Crippen LogP) is 2.53. The van der Waals surface area contributed by atoms with E-state index in [4.69, 9.17) is 4.74 Å². The fourth-order valence-electron chi connectivity index (χ4n) is 1.58. The number of hydrogen-bond donors (Lipinski definition) is 1. The Balaban J connectivity index is 2.03. The lowest BCUT2D eigenvalue weighted by molar-refractivity contribution is 0.194. The molecule has 1 N–H and O–H groups in total. The van der Waals surface area contributed by atoms with Crippen molar-refractivity contribution < 1.29 is 9.84 Å². The van der Waals surface area contributed by atoms with Crippen LogP contribution in [0.4, 0.5) is 0 Å². The molecule has 0 radical (unpaired) electrons. The summed E-state index contributed by atoms with van der Waals surface area (Å²) in [6.45, 7) is 4.65. The second-order valence-corrected chi connectivity index (χ2v) is 4.14. The Hall–Kier alpha value is -1.88. The number of aryl methyl sites for hydroxylation is 1. The van der Waals surface area contributed by atoms with E-state index in [-0.39, 0.29) is 0 Å². The van der Waals surface area contributed by atoms with E-state index in [1.807, 2.05) is 10.9 Å². The zero-order valence-electron chi connectivity index (χ0n) is 10.6. The molecule has 2 heterocycles. The van der Waals surface area contributed by atoms with Crippen LogP contribution in [0.2, 0.25) is 0 Å². The van der Waals surface area contributed by atoms with E-state index in [0.717, 1.165) is 13.0 Å². The van der Waals surface area contributed by atoms with Crippen LogP contribution in [0.15, 0.2) is 30.7 Å². The highest BCUT2D eigenvalue weighted by molar-refractivity contribution is 5.26. The Labute approximate surface area is 106 Å². The third-order valence-electron chi connectivity index (χ3n) is 2.49. The normalized spacial score (nSPS) is 12.4. The minimum Gasteiger partial charge on any atom is -0.452 e. The molecule has 18 heavy (non-hydrogen) atoms. The zero-order valence-corrected chi connectivity index (χ0v) is 10.6. The molecule has 96 valence electrons. The van der Waals surface area contributed by atoms with Crippen LogP contribution in [-0.4, -0.2) is 19.9 Å². The highest BCUT2D eigenvalue weighted by Gasteiger charge is 2.04. The van der Waals surface area contributed by atoms with Crippen LogP contribution in [-0.2, 0) is 6.54 Å². The highest BCUT2D eigenvalue weighted by atomic mass is 16.5. The highest BCUT2D eigenvalue weighted by Crippen LogP contribution is 2.21. The van der Waals surface area contributed by atoms with Gasteiger partial charge in [0.1, 0.15) is 5.75 Å². The van der Waals surface area contributed by atoms with Gasteiger partial charge in [-0.05, 0) is 25.5 Å². The van der Waals surface area contributed by atoms with E-state index in [0.29, 0.717) is 17.2 Å². The Morgan fingerprint density at radius 3 is 2.78 bits per heavy atom. The maximum Gasteiger partial charge on any atom is 0.165 e. The molecule has 0 aliphatic carbocycles. The van der Waals surface area contributed by atoms with Crippen molar-refractivity contribution in [1.29, 1.82) is 0 Å². The standard InChI is InChI=1S/C13H17N3O2/c1-3-6-16-9-12(8-15-16)18-11-4-5-13(10(2)17)14-7-11/h4-5,7-10,17H,3,6H2,1-2H3. The second-order valence-electron chi connectivity index (χ2n) is 4.14. The van der Waals surface area contributed by atoms with Gasteiger partial charge in [0.2, 0.25) is 0 Å². The SMILES string of the molecule is CCCn1cc(Oc2ccc(C(C)O)nc2)cn1. The number of aromatic nitrogens is 3. The fraction of sp³-hybridized carbons (Fsp3) is 0.385. The zero-order chi connectivity index (χ0) is 13.0. The van der Waals surface area contributed by atoms with Gasteiger partial charge in [0.15, 0.2) is 5.75 Å². The third kappa shape index (κ3) is 3.07. The van der Waals surface area contributed by atoms with E-state index in [1.165, 1.54) is 0 Å². The summed E-state index contributed by atoms with van der Waals surface area (Å²) in [6, 6.07) is 3.53. The van der Waals surface area contributed by atoms with Crippen LogP contribution < -0.4 is 4.74 Å². The summed E-state index contributed by atoms with van der Waals surface area (Å²) in [6.07, 6.45) is 5.60. The van der Waals surface area contributed by atoms with E-state index < -0.39 is 6.10 Å². The van der Waals surface area contributed by atoms with Gasteiger partial charge in [-0.1, -0.05) is 6.92 Å². The van der Waals surface area contributed by atoms with Gasteiger partial charge in [0.25, 0.3) is 0 Å². The average molecular weight is 247 g/mol. The molecule has 0 amide bonds. The maximum absolute atomic E-state index is 9.35. The fourth-order valence-corrected chi connectivity index (χ4v) is 1.58. The molecular formula is C13H17N3O2. The molecule has 1 unspecified atom stereocenters. The predicted molar refractivity (Wildman–Crippen MR) is 67.5 cm³/mol. The lowest BCUT2D eigenvalue weighted by Gasteiger charge is -2.05. The Bertz CT molecular complexity index is 491. The van der Waals surface area contributed by atoms with Gasteiger partial charge in [0.05, 0.1) is 30.4 Å². The van der Waals surface area contributed by atoms with Crippen molar-refractivity contribution in [2.45, 2.75) is 32.9 Å². The summed E-state index contributed by atoms with van der Waals surface area (Å²) < 4.78 is 7.45. The van der Waals surface area contributed by atoms with Crippen LogP contribution in [0.5, 0.6) is 11.5 Å². The summed E-state index contributed by atoms with van der Waals surface area (Å²) in [5.74, 6) is 1.32. The molecule has 2 aromatic heterocycles. The van der Waals surface area contributed by atoms with Crippen molar-refractivity contribution in [3.8, 4) is 11.5 Å². The molecule has 0 aliphatic rings. The Morgan fingerprint density at radius 1 is 1.33 bits per heavy atom. The smallest absolute Gasteiger partial charge is 0.165 e. The van der Waals surface area contributed by atoms with Gasteiger partial charge in [-0.2, -0.15) is 5.10 Å². The van der Waals surface area contributed by atoms with Crippen molar-refractivity contribution in [1.82, 2.24) is 14.8 Å². The van der Waals surface area contributed by atoms with Crippen LogP contribution in [0.3, 0.4) is 0 Å². The summed E-state index contributed by atoms with van der Waals surface area (Å²) in [5.41, 5.74) is 0.629. The summed E-state index contributed by atoms with van der Waals surface area (Å²) in [4.78, 5) is 4.12. The first-order chi connectivity index (χ1) is 8.69. The second kappa shape index (κ2) is 5.64. The molecule has 0 spiro atoms. The van der Waals surface area contributed by atoms with E-state index in [2.05, 4.69) is 17.0 Å². The maximum atomic E-state index is 9.35. The topological polar surface area (TPSA) is 60.2 Å². The lowest BCUT2D eigenvalue weighted by atomic mass is 10.2. The van der Waals surface area contributed by atoms with Crippen molar-refractivity contribution in [3.05, 3.63) is 36.4 Å². The van der Waals surface area contributed by atoms with Crippen molar-refractivity contribution >= 4 is 0 Å². The first-order valence-corrected chi connectivity index (χ1v) is 6.03. The summed E-state index contributed by atoms with van der Waals surface area (Å²) >= 11 is 0. The molecule has 0 saturated heterocycles. The summed E-state index contributed by atoms with van der Waals surface area (Å²) in [7, 11) is 0. The Kier molecular flexibility index (Phi) is 3.94. The third-order valence-corrected chi connectivity index (χ3v) is 2.49.